The predicted octanol–water partition coefficient (Wildman–Crippen LogP) is 2.66. The molecular weight excluding hydrogens is 188 g/mol. The van der Waals surface area contributed by atoms with Crippen LogP contribution in [0.1, 0.15) is 52.4 Å². The van der Waals surface area contributed by atoms with Crippen LogP contribution >= 0.6 is 0 Å². The summed E-state index contributed by atoms with van der Waals surface area (Å²) in [5.74, 6) is 0.710. The van der Waals surface area contributed by atoms with E-state index in [1.54, 1.807) is 0 Å². The molecule has 0 aromatic rings. The Balaban J connectivity index is 2.10. The number of carbonyl (C=O) groups excluding carboxylic acids is 1. The molecule has 1 atom stereocenters. The Kier molecular flexibility index (Phi) is 5.51. The summed E-state index contributed by atoms with van der Waals surface area (Å²) in [5, 5.41) is 5.89. The van der Waals surface area contributed by atoms with Crippen molar-refractivity contribution in [1.82, 2.24) is 10.6 Å². The largest absolute Gasteiger partial charge is 0.338 e. The SMILES string of the molecule is CCC(C)NC(=O)NCC1CCCCC1. The Morgan fingerprint density at radius 3 is 2.60 bits per heavy atom. The molecular formula is C12H24N2O. The minimum Gasteiger partial charge on any atom is -0.338 e. The predicted molar refractivity (Wildman–Crippen MR) is 62.9 cm³/mol. The van der Waals surface area contributed by atoms with E-state index in [4.69, 9.17) is 0 Å². The third-order valence-electron chi connectivity index (χ3n) is 3.27. The Morgan fingerprint density at radius 2 is 2.00 bits per heavy atom. The first-order valence-electron chi connectivity index (χ1n) is 6.26. The van der Waals surface area contributed by atoms with E-state index in [2.05, 4.69) is 17.6 Å². The normalized spacial score (nSPS) is 19.6. The molecule has 3 nitrogen and oxygen atoms in total. The van der Waals surface area contributed by atoms with E-state index >= 15 is 0 Å². The quantitative estimate of drug-likeness (QED) is 0.739. The summed E-state index contributed by atoms with van der Waals surface area (Å²) in [5.41, 5.74) is 0. The van der Waals surface area contributed by atoms with Crippen molar-refractivity contribution in [3.63, 3.8) is 0 Å². The minimum absolute atomic E-state index is 0.00470. The van der Waals surface area contributed by atoms with Gasteiger partial charge in [-0.15, -0.1) is 0 Å². The van der Waals surface area contributed by atoms with Gasteiger partial charge in [-0.3, -0.25) is 0 Å². The fourth-order valence-corrected chi connectivity index (χ4v) is 2.01. The van der Waals surface area contributed by atoms with Crippen LogP contribution in [-0.4, -0.2) is 18.6 Å². The second-order valence-electron chi connectivity index (χ2n) is 4.67. The molecule has 0 saturated heterocycles. The number of carbonyl (C=O) groups is 1. The monoisotopic (exact) mass is 212 g/mol. The summed E-state index contributed by atoms with van der Waals surface area (Å²) >= 11 is 0. The molecule has 0 radical (unpaired) electrons. The smallest absolute Gasteiger partial charge is 0.315 e. The van der Waals surface area contributed by atoms with Crippen molar-refractivity contribution in [2.24, 2.45) is 5.92 Å². The lowest BCUT2D eigenvalue weighted by Gasteiger charge is -2.22. The van der Waals surface area contributed by atoms with Crippen LogP contribution in [0.3, 0.4) is 0 Å². The molecule has 15 heavy (non-hydrogen) atoms. The maximum atomic E-state index is 11.4. The molecule has 0 aromatic carbocycles. The summed E-state index contributed by atoms with van der Waals surface area (Å²) in [6, 6.07) is 0.270. The average molecular weight is 212 g/mol. The Labute approximate surface area is 93.0 Å². The van der Waals surface area contributed by atoms with Gasteiger partial charge in [0.05, 0.1) is 0 Å². The number of hydrogen-bond donors (Lipinski definition) is 2. The first-order valence-corrected chi connectivity index (χ1v) is 6.26. The molecule has 0 aromatic heterocycles. The van der Waals surface area contributed by atoms with Gasteiger partial charge in [0, 0.05) is 12.6 Å². The minimum atomic E-state index is -0.00470. The molecule has 2 N–H and O–H groups in total. The van der Waals surface area contributed by atoms with Gasteiger partial charge in [0.15, 0.2) is 0 Å². The van der Waals surface area contributed by atoms with Gasteiger partial charge in [0.1, 0.15) is 0 Å². The summed E-state index contributed by atoms with van der Waals surface area (Å²) in [4.78, 5) is 11.4. The van der Waals surface area contributed by atoms with Crippen LogP contribution in [0.25, 0.3) is 0 Å². The van der Waals surface area contributed by atoms with Crippen LogP contribution in [0.15, 0.2) is 0 Å². The van der Waals surface area contributed by atoms with Crippen LogP contribution in [0, 0.1) is 5.92 Å². The second kappa shape index (κ2) is 6.70. The summed E-state index contributed by atoms with van der Waals surface area (Å²) in [6.07, 6.45) is 7.58. The fourth-order valence-electron chi connectivity index (χ4n) is 2.01. The zero-order valence-corrected chi connectivity index (χ0v) is 10.0. The zero-order chi connectivity index (χ0) is 11.1. The van der Waals surface area contributed by atoms with Gasteiger partial charge < -0.3 is 10.6 Å². The van der Waals surface area contributed by atoms with E-state index in [1.165, 1.54) is 32.1 Å². The van der Waals surface area contributed by atoms with E-state index in [-0.39, 0.29) is 12.1 Å². The third kappa shape index (κ3) is 5.05. The highest BCUT2D eigenvalue weighted by Gasteiger charge is 2.14. The Bertz CT molecular complexity index is 188. The molecule has 1 aliphatic rings. The van der Waals surface area contributed by atoms with Crippen LogP contribution in [-0.2, 0) is 0 Å². The molecule has 1 aliphatic carbocycles. The Hall–Kier alpha value is -0.730. The van der Waals surface area contributed by atoms with Gasteiger partial charge in [0.2, 0.25) is 0 Å². The average Bonchev–Trinajstić information content (AvgIpc) is 2.27. The Morgan fingerprint density at radius 1 is 1.33 bits per heavy atom. The maximum Gasteiger partial charge on any atom is 0.315 e. The van der Waals surface area contributed by atoms with Crippen molar-refractivity contribution in [3.8, 4) is 0 Å². The van der Waals surface area contributed by atoms with Gasteiger partial charge in [-0.1, -0.05) is 26.2 Å². The first-order chi connectivity index (χ1) is 7.22. The lowest BCUT2D eigenvalue weighted by atomic mass is 9.89. The highest BCUT2D eigenvalue weighted by Crippen LogP contribution is 2.22. The number of hydrogen-bond acceptors (Lipinski definition) is 1. The van der Waals surface area contributed by atoms with E-state index in [0.717, 1.165) is 13.0 Å². The second-order valence-corrected chi connectivity index (χ2v) is 4.67. The van der Waals surface area contributed by atoms with Crippen molar-refractivity contribution < 1.29 is 4.79 Å². The third-order valence-corrected chi connectivity index (χ3v) is 3.27. The number of urea groups is 1. The van der Waals surface area contributed by atoms with Gasteiger partial charge in [-0.25, -0.2) is 4.79 Å². The maximum absolute atomic E-state index is 11.4. The van der Waals surface area contributed by atoms with Gasteiger partial charge in [0.25, 0.3) is 0 Å². The summed E-state index contributed by atoms with van der Waals surface area (Å²) in [7, 11) is 0. The van der Waals surface area contributed by atoms with Gasteiger partial charge in [-0.05, 0) is 32.1 Å². The van der Waals surface area contributed by atoms with Crippen LogP contribution in [0.2, 0.25) is 0 Å². The van der Waals surface area contributed by atoms with Crippen molar-refractivity contribution >= 4 is 6.03 Å². The van der Waals surface area contributed by atoms with Crippen molar-refractivity contribution in [2.75, 3.05) is 6.54 Å². The van der Waals surface area contributed by atoms with Crippen molar-refractivity contribution in [2.45, 2.75) is 58.4 Å². The van der Waals surface area contributed by atoms with Crippen LogP contribution in [0.4, 0.5) is 4.79 Å². The lowest BCUT2D eigenvalue weighted by Crippen LogP contribution is -2.42. The van der Waals surface area contributed by atoms with Gasteiger partial charge in [-0.2, -0.15) is 0 Å². The topological polar surface area (TPSA) is 41.1 Å². The van der Waals surface area contributed by atoms with Crippen LogP contribution in [0.5, 0.6) is 0 Å². The van der Waals surface area contributed by atoms with E-state index in [0.29, 0.717) is 5.92 Å². The molecule has 1 saturated carbocycles. The molecule has 3 heteroatoms. The molecule has 0 bridgehead atoms. The zero-order valence-electron chi connectivity index (χ0n) is 10.0. The number of rotatable bonds is 4. The lowest BCUT2D eigenvalue weighted by molar-refractivity contribution is 0.233. The van der Waals surface area contributed by atoms with E-state index in [9.17, 15) is 4.79 Å². The molecule has 0 spiro atoms. The molecule has 1 unspecified atom stereocenters. The van der Waals surface area contributed by atoms with E-state index in [1.807, 2.05) is 6.92 Å². The number of amides is 2. The number of nitrogens with one attached hydrogen (secondary N) is 2. The fraction of sp³-hybridized carbons (Fsp3) is 0.917. The van der Waals surface area contributed by atoms with Crippen molar-refractivity contribution in [3.05, 3.63) is 0 Å². The molecule has 1 rings (SSSR count). The molecule has 0 aliphatic heterocycles. The molecule has 1 fully saturated rings. The highest BCUT2D eigenvalue weighted by atomic mass is 16.2. The summed E-state index contributed by atoms with van der Waals surface area (Å²) in [6.45, 7) is 4.95. The standard InChI is InChI=1S/C12H24N2O/c1-3-10(2)14-12(15)13-9-11-7-5-4-6-8-11/h10-11H,3-9H2,1-2H3,(H2,13,14,15). The molecule has 2 amide bonds. The summed E-state index contributed by atoms with van der Waals surface area (Å²) < 4.78 is 0. The van der Waals surface area contributed by atoms with Gasteiger partial charge >= 0.3 is 6.03 Å². The van der Waals surface area contributed by atoms with Crippen LogP contribution < -0.4 is 10.6 Å². The highest BCUT2D eigenvalue weighted by molar-refractivity contribution is 5.74. The van der Waals surface area contributed by atoms with E-state index < -0.39 is 0 Å². The van der Waals surface area contributed by atoms with Crippen molar-refractivity contribution in [1.29, 1.82) is 0 Å². The molecule has 0 heterocycles. The molecule has 88 valence electrons. The first kappa shape index (κ1) is 12.3.